The maximum absolute atomic E-state index is 12.3. The summed E-state index contributed by atoms with van der Waals surface area (Å²) in [4.78, 5) is 18.7. The second-order valence-electron chi connectivity index (χ2n) is 6.37. The number of carbonyl (C=O) groups is 1. The van der Waals surface area contributed by atoms with E-state index in [4.69, 9.17) is 4.74 Å². The molecule has 0 unspecified atom stereocenters. The molecule has 0 aliphatic carbocycles. The third kappa shape index (κ3) is 4.87. The summed E-state index contributed by atoms with van der Waals surface area (Å²) in [5.74, 6) is 0.532. The lowest BCUT2D eigenvalue weighted by molar-refractivity contribution is 0.0926. The summed E-state index contributed by atoms with van der Waals surface area (Å²) in [5.41, 5.74) is 1.55. The maximum atomic E-state index is 12.3. The van der Waals surface area contributed by atoms with Gasteiger partial charge < -0.3 is 15.0 Å². The number of nitrogens with zero attached hydrogens (tertiary/aromatic N) is 4. The van der Waals surface area contributed by atoms with Crippen molar-refractivity contribution in [1.29, 1.82) is 0 Å². The Balaban J connectivity index is 1.44. The van der Waals surface area contributed by atoms with E-state index in [-0.39, 0.29) is 5.91 Å². The number of likely N-dealkylation sites (tertiary alicyclic amines) is 1. The van der Waals surface area contributed by atoms with Crippen LogP contribution in [0.3, 0.4) is 0 Å². The Morgan fingerprint density at radius 2 is 2.04 bits per heavy atom. The van der Waals surface area contributed by atoms with Crippen molar-refractivity contribution in [2.24, 2.45) is 5.92 Å². The van der Waals surface area contributed by atoms with Crippen LogP contribution in [-0.2, 0) is 4.74 Å². The van der Waals surface area contributed by atoms with E-state index in [9.17, 15) is 4.79 Å². The number of piperidine rings is 1. The largest absolute Gasteiger partial charge is 0.383 e. The van der Waals surface area contributed by atoms with E-state index in [1.54, 1.807) is 18.1 Å². The van der Waals surface area contributed by atoms with Crippen molar-refractivity contribution in [3.63, 3.8) is 0 Å². The van der Waals surface area contributed by atoms with E-state index in [2.05, 4.69) is 20.3 Å². The van der Waals surface area contributed by atoms with Crippen LogP contribution in [0.2, 0.25) is 0 Å². The topological polar surface area (TPSA) is 72.3 Å². The number of methoxy groups -OCH3 is 1. The summed E-state index contributed by atoms with van der Waals surface area (Å²) < 4.78 is 6.79. The first-order valence-electron chi connectivity index (χ1n) is 8.71. The Morgan fingerprint density at radius 1 is 1.28 bits per heavy atom. The van der Waals surface area contributed by atoms with Gasteiger partial charge in [0, 0.05) is 25.8 Å². The second kappa shape index (κ2) is 8.73. The molecule has 1 saturated heterocycles. The molecule has 1 aliphatic heterocycles. The minimum atomic E-state index is -0.0213. The van der Waals surface area contributed by atoms with Gasteiger partial charge in [0.05, 0.1) is 12.3 Å². The van der Waals surface area contributed by atoms with E-state index in [1.165, 1.54) is 6.33 Å². The molecular weight excluding hydrogens is 318 g/mol. The second-order valence-corrected chi connectivity index (χ2v) is 6.37. The highest BCUT2D eigenvalue weighted by Crippen LogP contribution is 2.16. The summed E-state index contributed by atoms with van der Waals surface area (Å²) >= 11 is 0. The zero-order chi connectivity index (χ0) is 17.5. The van der Waals surface area contributed by atoms with E-state index < -0.39 is 0 Å². The monoisotopic (exact) mass is 343 g/mol. The molecule has 25 heavy (non-hydrogen) atoms. The Kier molecular flexibility index (Phi) is 6.14. The fourth-order valence-electron chi connectivity index (χ4n) is 3.08. The van der Waals surface area contributed by atoms with Gasteiger partial charge in [0.1, 0.15) is 12.7 Å². The van der Waals surface area contributed by atoms with Crippen LogP contribution in [0.4, 0.5) is 0 Å². The lowest BCUT2D eigenvalue weighted by atomic mass is 9.96. The van der Waals surface area contributed by atoms with E-state index in [0.29, 0.717) is 11.5 Å². The van der Waals surface area contributed by atoms with Gasteiger partial charge in [0.25, 0.3) is 5.91 Å². The first-order chi connectivity index (χ1) is 12.3. The molecule has 1 N–H and O–H groups in total. The number of hydrogen-bond donors (Lipinski definition) is 1. The average molecular weight is 343 g/mol. The fourth-order valence-corrected chi connectivity index (χ4v) is 3.08. The van der Waals surface area contributed by atoms with Crippen molar-refractivity contribution in [1.82, 2.24) is 25.0 Å². The number of amides is 1. The lowest BCUT2D eigenvalue weighted by Gasteiger charge is -2.31. The van der Waals surface area contributed by atoms with Gasteiger partial charge in [-0.15, -0.1) is 0 Å². The quantitative estimate of drug-likeness (QED) is 0.822. The molecule has 2 heterocycles. The fraction of sp³-hybridized carbons (Fsp3) is 0.500. The summed E-state index contributed by atoms with van der Waals surface area (Å²) in [6, 6.07) is 7.38. The molecule has 1 aromatic heterocycles. The van der Waals surface area contributed by atoms with Crippen molar-refractivity contribution >= 4 is 5.91 Å². The minimum absolute atomic E-state index is 0.0213. The smallest absolute Gasteiger partial charge is 0.251 e. The highest BCUT2D eigenvalue weighted by Gasteiger charge is 2.19. The van der Waals surface area contributed by atoms with Crippen molar-refractivity contribution in [3.8, 4) is 5.69 Å². The van der Waals surface area contributed by atoms with Crippen LogP contribution in [0.1, 0.15) is 23.2 Å². The molecule has 1 aliphatic rings. The molecule has 0 radical (unpaired) electrons. The Morgan fingerprint density at radius 3 is 2.68 bits per heavy atom. The number of ether oxygens (including phenoxy) is 1. The number of nitrogens with one attached hydrogen (secondary N) is 1. The van der Waals surface area contributed by atoms with E-state index in [0.717, 1.165) is 51.3 Å². The number of hydrogen-bond acceptors (Lipinski definition) is 5. The standard InChI is InChI=1S/C18H25N5O2/c1-25-11-10-22-8-6-15(7-9-22)12-20-18(24)16-2-4-17(5-3-16)23-14-19-13-21-23/h2-5,13-15H,6-12H2,1H3,(H,20,24). The average Bonchev–Trinajstić information content (AvgIpc) is 3.20. The third-order valence-corrected chi connectivity index (χ3v) is 4.68. The van der Waals surface area contributed by atoms with Gasteiger partial charge in [-0.3, -0.25) is 4.79 Å². The zero-order valence-electron chi connectivity index (χ0n) is 14.6. The van der Waals surface area contributed by atoms with Crippen LogP contribution in [-0.4, -0.2) is 65.5 Å². The van der Waals surface area contributed by atoms with Crippen LogP contribution >= 0.6 is 0 Å². The highest BCUT2D eigenvalue weighted by atomic mass is 16.5. The summed E-state index contributed by atoms with van der Waals surface area (Å²) in [7, 11) is 1.74. The molecule has 7 heteroatoms. The van der Waals surface area contributed by atoms with Crippen molar-refractivity contribution in [2.45, 2.75) is 12.8 Å². The SMILES string of the molecule is COCCN1CCC(CNC(=O)c2ccc(-n3cncn3)cc2)CC1. The Labute approximate surface area is 148 Å². The van der Waals surface area contributed by atoms with Crippen LogP contribution in [0.5, 0.6) is 0 Å². The van der Waals surface area contributed by atoms with Gasteiger partial charge in [-0.25, -0.2) is 9.67 Å². The molecule has 0 spiro atoms. The van der Waals surface area contributed by atoms with Crippen LogP contribution in [0, 0.1) is 5.92 Å². The van der Waals surface area contributed by atoms with Gasteiger partial charge in [-0.05, 0) is 56.1 Å². The molecule has 1 aromatic carbocycles. The molecule has 134 valence electrons. The molecular formula is C18H25N5O2. The molecule has 0 bridgehead atoms. The normalized spacial score (nSPS) is 16.0. The van der Waals surface area contributed by atoms with Gasteiger partial charge in [0.15, 0.2) is 0 Å². The molecule has 3 rings (SSSR count). The predicted molar refractivity (Wildman–Crippen MR) is 94.7 cm³/mol. The van der Waals surface area contributed by atoms with Crippen molar-refractivity contribution in [3.05, 3.63) is 42.5 Å². The molecule has 1 amide bonds. The number of benzene rings is 1. The first-order valence-corrected chi connectivity index (χ1v) is 8.71. The zero-order valence-corrected chi connectivity index (χ0v) is 14.6. The maximum Gasteiger partial charge on any atom is 0.251 e. The Hall–Kier alpha value is -2.25. The van der Waals surface area contributed by atoms with Crippen LogP contribution in [0.15, 0.2) is 36.9 Å². The molecule has 0 atom stereocenters. The molecule has 7 nitrogen and oxygen atoms in total. The van der Waals surface area contributed by atoms with Crippen LogP contribution < -0.4 is 5.32 Å². The first kappa shape index (κ1) is 17.6. The van der Waals surface area contributed by atoms with Crippen LogP contribution in [0.25, 0.3) is 5.69 Å². The molecule has 0 saturated carbocycles. The van der Waals surface area contributed by atoms with Crippen molar-refractivity contribution in [2.75, 3.05) is 39.9 Å². The van der Waals surface area contributed by atoms with E-state index >= 15 is 0 Å². The van der Waals surface area contributed by atoms with Crippen molar-refractivity contribution < 1.29 is 9.53 Å². The number of carbonyl (C=O) groups excluding carboxylic acids is 1. The molecule has 1 fully saturated rings. The summed E-state index contributed by atoms with van der Waals surface area (Å²) in [5, 5.41) is 7.14. The molecule has 2 aromatic rings. The number of aromatic nitrogens is 3. The lowest BCUT2D eigenvalue weighted by Crippen LogP contribution is -2.39. The van der Waals surface area contributed by atoms with Gasteiger partial charge >= 0.3 is 0 Å². The number of rotatable bonds is 7. The third-order valence-electron chi connectivity index (χ3n) is 4.68. The van der Waals surface area contributed by atoms with E-state index in [1.807, 2.05) is 24.3 Å². The highest BCUT2D eigenvalue weighted by molar-refractivity contribution is 5.94. The predicted octanol–water partition coefficient (Wildman–Crippen LogP) is 1.36. The minimum Gasteiger partial charge on any atom is -0.383 e. The van der Waals surface area contributed by atoms with Gasteiger partial charge in [-0.1, -0.05) is 0 Å². The summed E-state index contributed by atoms with van der Waals surface area (Å²) in [6.45, 7) is 4.68. The van der Waals surface area contributed by atoms with Gasteiger partial charge in [0.2, 0.25) is 0 Å². The summed E-state index contributed by atoms with van der Waals surface area (Å²) in [6.07, 6.45) is 5.36. The van der Waals surface area contributed by atoms with Gasteiger partial charge in [-0.2, -0.15) is 5.10 Å². The Bertz CT molecular complexity index is 649.